The van der Waals surface area contributed by atoms with Crippen LogP contribution in [0.15, 0.2) is 48.8 Å². The number of hydrogen-bond acceptors (Lipinski definition) is 1. The predicted octanol–water partition coefficient (Wildman–Crippen LogP) is 3.70. The summed E-state index contributed by atoms with van der Waals surface area (Å²) < 4.78 is 2.06. The first kappa shape index (κ1) is 14.4. The van der Waals surface area contributed by atoms with Crippen molar-refractivity contribution in [2.75, 3.05) is 0 Å². The highest BCUT2D eigenvalue weighted by atomic mass is 16.1. The normalized spacial score (nSPS) is 13.8. The molecule has 1 aromatic heterocycles. The van der Waals surface area contributed by atoms with Gasteiger partial charge in [0.15, 0.2) is 0 Å². The van der Waals surface area contributed by atoms with E-state index in [1.165, 1.54) is 0 Å². The summed E-state index contributed by atoms with van der Waals surface area (Å²) in [7, 11) is 0. The Morgan fingerprint density at radius 3 is 2.30 bits per heavy atom. The van der Waals surface area contributed by atoms with Crippen LogP contribution in [0.25, 0.3) is 5.69 Å². The van der Waals surface area contributed by atoms with E-state index in [0.29, 0.717) is 0 Å². The minimum Gasteiger partial charge on any atom is -0.349 e. The van der Waals surface area contributed by atoms with Crippen molar-refractivity contribution < 1.29 is 4.79 Å². The quantitative estimate of drug-likeness (QED) is 0.883. The standard InChI is InChI=1S/C17H22N2O/c1-4-13(2)17(20)18-14(3)15-7-9-16(10-8-15)19-11-5-6-12-19/h5-14H,4H2,1-3H3,(H,18,20)/t13-,14+/m0/s1. The van der Waals surface area contributed by atoms with Gasteiger partial charge in [0.2, 0.25) is 5.91 Å². The highest BCUT2D eigenvalue weighted by Crippen LogP contribution is 2.16. The Morgan fingerprint density at radius 1 is 1.15 bits per heavy atom. The molecule has 0 bridgehead atoms. The van der Waals surface area contributed by atoms with Crippen LogP contribution in [0.4, 0.5) is 0 Å². The highest BCUT2D eigenvalue weighted by molar-refractivity contribution is 5.78. The van der Waals surface area contributed by atoms with Gasteiger partial charge in [-0.1, -0.05) is 26.0 Å². The van der Waals surface area contributed by atoms with E-state index in [2.05, 4.69) is 34.1 Å². The summed E-state index contributed by atoms with van der Waals surface area (Å²) in [5.41, 5.74) is 2.25. The number of nitrogens with one attached hydrogen (secondary N) is 1. The molecule has 1 heterocycles. The Labute approximate surface area is 120 Å². The van der Waals surface area contributed by atoms with Crippen molar-refractivity contribution in [2.24, 2.45) is 5.92 Å². The van der Waals surface area contributed by atoms with E-state index in [9.17, 15) is 4.79 Å². The maximum Gasteiger partial charge on any atom is 0.223 e. The molecule has 20 heavy (non-hydrogen) atoms. The lowest BCUT2D eigenvalue weighted by molar-refractivity contribution is -0.125. The second kappa shape index (κ2) is 6.42. The van der Waals surface area contributed by atoms with E-state index >= 15 is 0 Å². The maximum atomic E-state index is 11.9. The van der Waals surface area contributed by atoms with Crippen LogP contribution >= 0.6 is 0 Å². The van der Waals surface area contributed by atoms with Gasteiger partial charge in [0.1, 0.15) is 0 Å². The average molecular weight is 270 g/mol. The predicted molar refractivity (Wildman–Crippen MR) is 81.8 cm³/mol. The fourth-order valence-corrected chi connectivity index (χ4v) is 2.07. The van der Waals surface area contributed by atoms with Crippen LogP contribution < -0.4 is 5.32 Å². The Balaban J connectivity index is 2.04. The summed E-state index contributed by atoms with van der Waals surface area (Å²) in [6.45, 7) is 6.00. The number of aromatic nitrogens is 1. The number of amides is 1. The lowest BCUT2D eigenvalue weighted by atomic mass is 10.0. The molecule has 0 aliphatic carbocycles. The molecule has 1 amide bonds. The molecule has 3 heteroatoms. The first-order valence-corrected chi connectivity index (χ1v) is 7.15. The molecule has 3 nitrogen and oxygen atoms in total. The number of nitrogens with zero attached hydrogens (tertiary/aromatic N) is 1. The van der Waals surface area contributed by atoms with Gasteiger partial charge in [-0.3, -0.25) is 4.79 Å². The van der Waals surface area contributed by atoms with Crippen LogP contribution in [0.3, 0.4) is 0 Å². The second-order valence-electron chi connectivity index (χ2n) is 5.22. The van der Waals surface area contributed by atoms with Crippen molar-refractivity contribution in [1.82, 2.24) is 9.88 Å². The van der Waals surface area contributed by atoms with Gasteiger partial charge in [-0.05, 0) is 43.2 Å². The third-order valence-corrected chi connectivity index (χ3v) is 3.71. The zero-order valence-electron chi connectivity index (χ0n) is 12.3. The van der Waals surface area contributed by atoms with Gasteiger partial charge < -0.3 is 9.88 Å². The number of hydrogen-bond donors (Lipinski definition) is 1. The van der Waals surface area contributed by atoms with Gasteiger partial charge in [-0.15, -0.1) is 0 Å². The summed E-state index contributed by atoms with van der Waals surface area (Å²) >= 11 is 0. The van der Waals surface area contributed by atoms with E-state index < -0.39 is 0 Å². The molecule has 0 saturated carbocycles. The lowest BCUT2D eigenvalue weighted by Crippen LogP contribution is -2.31. The molecule has 0 aliphatic rings. The van der Waals surface area contributed by atoms with Crippen LogP contribution in [0, 0.1) is 5.92 Å². The van der Waals surface area contributed by atoms with Crippen molar-refractivity contribution >= 4 is 5.91 Å². The van der Waals surface area contributed by atoms with Gasteiger partial charge in [0, 0.05) is 24.0 Å². The van der Waals surface area contributed by atoms with Crippen molar-refractivity contribution in [1.29, 1.82) is 0 Å². The van der Waals surface area contributed by atoms with E-state index in [0.717, 1.165) is 17.7 Å². The summed E-state index contributed by atoms with van der Waals surface area (Å²) in [4.78, 5) is 11.9. The topological polar surface area (TPSA) is 34.0 Å². The molecule has 0 unspecified atom stereocenters. The molecule has 106 valence electrons. The summed E-state index contributed by atoms with van der Waals surface area (Å²) in [6.07, 6.45) is 4.90. The molecular formula is C17H22N2O. The van der Waals surface area contributed by atoms with Crippen molar-refractivity contribution in [2.45, 2.75) is 33.2 Å². The van der Waals surface area contributed by atoms with Gasteiger partial charge in [0.05, 0.1) is 6.04 Å². The van der Waals surface area contributed by atoms with Gasteiger partial charge in [-0.2, -0.15) is 0 Å². The van der Waals surface area contributed by atoms with E-state index in [-0.39, 0.29) is 17.9 Å². The third-order valence-electron chi connectivity index (χ3n) is 3.71. The Bertz CT molecular complexity index is 543. The fraction of sp³-hybridized carbons (Fsp3) is 0.353. The van der Waals surface area contributed by atoms with E-state index in [1.807, 2.05) is 45.3 Å². The highest BCUT2D eigenvalue weighted by Gasteiger charge is 2.14. The molecule has 1 N–H and O–H groups in total. The smallest absolute Gasteiger partial charge is 0.223 e. The van der Waals surface area contributed by atoms with Gasteiger partial charge in [0.25, 0.3) is 0 Å². The van der Waals surface area contributed by atoms with Gasteiger partial charge in [-0.25, -0.2) is 0 Å². The number of rotatable bonds is 5. The minimum atomic E-state index is 0.0372. The van der Waals surface area contributed by atoms with Crippen LogP contribution in [0.2, 0.25) is 0 Å². The first-order valence-electron chi connectivity index (χ1n) is 7.15. The molecule has 2 rings (SSSR count). The molecule has 2 atom stereocenters. The largest absolute Gasteiger partial charge is 0.349 e. The SMILES string of the molecule is CC[C@H](C)C(=O)N[C@H](C)c1ccc(-n2cccc2)cc1. The summed E-state index contributed by atoms with van der Waals surface area (Å²) in [5, 5.41) is 3.06. The van der Waals surface area contributed by atoms with Crippen molar-refractivity contribution in [3.63, 3.8) is 0 Å². The third kappa shape index (κ3) is 3.29. The van der Waals surface area contributed by atoms with Gasteiger partial charge >= 0.3 is 0 Å². The molecule has 1 aromatic carbocycles. The molecule has 2 aromatic rings. The second-order valence-corrected chi connectivity index (χ2v) is 5.22. The molecule has 0 fully saturated rings. The molecule has 0 aliphatic heterocycles. The zero-order valence-corrected chi connectivity index (χ0v) is 12.3. The van der Waals surface area contributed by atoms with E-state index in [4.69, 9.17) is 0 Å². The summed E-state index contributed by atoms with van der Waals surface area (Å²) in [6, 6.07) is 12.3. The fourth-order valence-electron chi connectivity index (χ4n) is 2.07. The van der Waals surface area contributed by atoms with Crippen molar-refractivity contribution in [3.8, 4) is 5.69 Å². The lowest BCUT2D eigenvalue weighted by Gasteiger charge is -2.17. The van der Waals surface area contributed by atoms with Crippen LogP contribution in [0.5, 0.6) is 0 Å². The average Bonchev–Trinajstić information content (AvgIpc) is 3.00. The van der Waals surface area contributed by atoms with Crippen LogP contribution in [-0.2, 0) is 4.79 Å². The zero-order chi connectivity index (χ0) is 14.5. The first-order chi connectivity index (χ1) is 9.61. The Kier molecular flexibility index (Phi) is 4.61. The maximum absolute atomic E-state index is 11.9. The molecule has 0 saturated heterocycles. The minimum absolute atomic E-state index is 0.0372. The van der Waals surface area contributed by atoms with Crippen LogP contribution in [-0.4, -0.2) is 10.5 Å². The summed E-state index contributed by atoms with van der Waals surface area (Å²) in [5.74, 6) is 0.186. The van der Waals surface area contributed by atoms with E-state index in [1.54, 1.807) is 0 Å². The Morgan fingerprint density at radius 2 is 1.75 bits per heavy atom. The molecule has 0 radical (unpaired) electrons. The molecule has 0 spiro atoms. The van der Waals surface area contributed by atoms with Crippen LogP contribution in [0.1, 0.15) is 38.8 Å². The monoisotopic (exact) mass is 270 g/mol. The number of carbonyl (C=O) groups excluding carboxylic acids is 1. The Hall–Kier alpha value is -2.03. The number of carbonyl (C=O) groups is 1. The number of benzene rings is 1. The van der Waals surface area contributed by atoms with Crippen molar-refractivity contribution in [3.05, 3.63) is 54.4 Å². The molecular weight excluding hydrogens is 248 g/mol.